The van der Waals surface area contributed by atoms with Gasteiger partial charge in [-0.1, -0.05) is 51.4 Å². The van der Waals surface area contributed by atoms with Gasteiger partial charge in [0.05, 0.1) is 0 Å². The molecule has 0 unspecified atom stereocenters. The first-order valence-electron chi connectivity index (χ1n) is 5.23. The van der Waals surface area contributed by atoms with E-state index in [1.807, 2.05) is 0 Å². The van der Waals surface area contributed by atoms with Gasteiger partial charge in [0.2, 0.25) is 0 Å². The van der Waals surface area contributed by atoms with E-state index in [9.17, 15) is 0 Å². The van der Waals surface area contributed by atoms with Crippen LogP contribution in [-0.2, 0) is 0 Å². The van der Waals surface area contributed by atoms with Crippen molar-refractivity contribution >= 4 is 8.07 Å². The largest absolute Gasteiger partial charge is 0.396 e. The molecule has 0 aliphatic carbocycles. The van der Waals surface area contributed by atoms with Crippen LogP contribution in [-0.4, -0.2) is 19.8 Å². The molecule has 0 aliphatic heterocycles. The third kappa shape index (κ3) is 6.86. The molecule has 0 fully saturated rings. The van der Waals surface area contributed by atoms with Gasteiger partial charge >= 0.3 is 0 Å². The van der Waals surface area contributed by atoms with E-state index in [1.54, 1.807) is 0 Å². The van der Waals surface area contributed by atoms with Gasteiger partial charge in [-0.15, -0.1) is 0 Å². The van der Waals surface area contributed by atoms with Gasteiger partial charge in [0.1, 0.15) is 0 Å². The quantitative estimate of drug-likeness (QED) is 0.480. The van der Waals surface area contributed by atoms with Crippen molar-refractivity contribution in [1.29, 1.82) is 0 Å². The van der Waals surface area contributed by atoms with Crippen LogP contribution in [0.25, 0.3) is 0 Å². The van der Waals surface area contributed by atoms with E-state index in [-0.39, 0.29) is 0 Å². The fourth-order valence-electron chi connectivity index (χ4n) is 1.50. The van der Waals surface area contributed by atoms with Crippen LogP contribution in [0.3, 0.4) is 0 Å². The van der Waals surface area contributed by atoms with Gasteiger partial charge in [-0.2, -0.15) is 0 Å². The zero-order valence-corrected chi connectivity index (χ0v) is 9.90. The maximum Gasteiger partial charge on any atom is 0.0473 e. The average molecular weight is 188 g/mol. The van der Waals surface area contributed by atoms with Crippen LogP contribution >= 0.6 is 0 Å². The number of aliphatic hydroxyl groups excluding tert-OH is 1. The highest BCUT2D eigenvalue weighted by atomic mass is 28.3. The average Bonchev–Trinajstić information content (AvgIpc) is 2.01. The zero-order chi connectivity index (χ0) is 9.45. The number of hydrogen-bond donors (Lipinski definition) is 1. The maximum atomic E-state index is 8.65. The van der Waals surface area contributed by atoms with Crippen LogP contribution in [0, 0.1) is 0 Å². The minimum atomic E-state index is -0.873. The SMILES string of the molecule is CCCC[Si](C)(C)CCCCO. The van der Waals surface area contributed by atoms with Gasteiger partial charge in [0, 0.05) is 14.7 Å². The molecule has 0 bridgehead atoms. The number of hydrogen-bond acceptors (Lipinski definition) is 1. The highest BCUT2D eigenvalue weighted by Crippen LogP contribution is 2.20. The molecule has 0 aromatic heterocycles. The molecule has 74 valence electrons. The lowest BCUT2D eigenvalue weighted by Crippen LogP contribution is -2.24. The van der Waals surface area contributed by atoms with Gasteiger partial charge in [-0.25, -0.2) is 0 Å². The van der Waals surface area contributed by atoms with Gasteiger partial charge in [0.15, 0.2) is 0 Å². The summed E-state index contributed by atoms with van der Waals surface area (Å²) >= 11 is 0. The first kappa shape index (κ1) is 12.2. The Morgan fingerprint density at radius 1 is 1.00 bits per heavy atom. The van der Waals surface area contributed by atoms with Crippen LogP contribution in [0.5, 0.6) is 0 Å². The first-order valence-corrected chi connectivity index (χ1v) is 8.64. The fraction of sp³-hybridized carbons (Fsp3) is 1.00. The van der Waals surface area contributed by atoms with Crippen molar-refractivity contribution in [2.75, 3.05) is 6.61 Å². The van der Waals surface area contributed by atoms with Crippen molar-refractivity contribution in [3.05, 3.63) is 0 Å². The molecule has 2 heteroatoms. The van der Waals surface area contributed by atoms with Gasteiger partial charge in [-0.05, 0) is 6.42 Å². The molecule has 12 heavy (non-hydrogen) atoms. The Morgan fingerprint density at radius 3 is 2.08 bits per heavy atom. The Kier molecular flexibility index (Phi) is 6.77. The second-order valence-corrected chi connectivity index (χ2v) is 9.78. The molecule has 0 saturated heterocycles. The smallest absolute Gasteiger partial charge is 0.0473 e. The predicted octanol–water partition coefficient (Wildman–Crippen LogP) is 3.27. The zero-order valence-electron chi connectivity index (χ0n) is 8.90. The monoisotopic (exact) mass is 188 g/mol. The van der Waals surface area contributed by atoms with Crippen LogP contribution in [0.15, 0.2) is 0 Å². The van der Waals surface area contributed by atoms with Crippen molar-refractivity contribution in [2.24, 2.45) is 0 Å². The van der Waals surface area contributed by atoms with E-state index in [0.717, 1.165) is 6.42 Å². The summed E-state index contributed by atoms with van der Waals surface area (Å²) in [5.41, 5.74) is 0. The number of unbranched alkanes of at least 4 members (excludes halogenated alkanes) is 2. The van der Waals surface area contributed by atoms with E-state index in [1.165, 1.54) is 31.4 Å². The second kappa shape index (κ2) is 6.67. The summed E-state index contributed by atoms with van der Waals surface area (Å²) in [5.74, 6) is 0. The fourth-order valence-corrected chi connectivity index (χ4v) is 4.26. The van der Waals surface area contributed by atoms with Gasteiger partial charge in [-0.3, -0.25) is 0 Å². The summed E-state index contributed by atoms with van der Waals surface area (Å²) in [7, 11) is -0.873. The summed E-state index contributed by atoms with van der Waals surface area (Å²) in [6.45, 7) is 7.58. The topological polar surface area (TPSA) is 20.2 Å². The van der Waals surface area contributed by atoms with E-state index >= 15 is 0 Å². The lowest BCUT2D eigenvalue weighted by molar-refractivity contribution is 0.287. The van der Waals surface area contributed by atoms with Crippen LogP contribution in [0.4, 0.5) is 0 Å². The van der Waals surface area contributed by atoms with Crippen molar-refractivity contribution in [3.63, 3.8) is 0 Å². The normalized spacial score (nSPS) is 12.0. The molecule has 0 aliphatic rings. The molecular weight excluding hydrogens is 164 g/mol. The number of aliphatic hydroxyl groups is 1. The van der Waals surface area contributed by atoms with E-state index in [2.05, 4.69) is 20.0 Å². The molecule has 0 rings (SSSR count). The van der Waals surface area contributed by atoms with Crippen molar-refractivity contribution in [1.82, 2.24) is 0 Å². The molecule has 0 amide bonds. The van der Waals surface area contributed by atoms with Crippen LogP contribution < -0.4 is 0 Å². The molecule has 0 radical (unpaired) electrons. The Hall–Kier alpha value is 0.177. The highest BCUT2D eigenvalue weighted by molar-refractivity contribution is 6.77. The van der Waals surface area contributed by atoms with Crippen molar-refractivity contribution in [2.45, 2.75) is 57.8 Å². The summed E-state index contributed by atoms with van der Waals surface area (Å²) < 4.78 is 0. The Bertz CT molecular complexity index is 102. The van der Waals surface area contributed by atoms with Crippen LogP contribution in [0.1, 0.15) is 32.6 Å². The summed E-state index contributed by atoms with van der Waals surface area (Å²) in [4.78, 5) is 0. The van der Waals surface area contributed by atoms with E-state index < -0.39 is 8.07 Å². The molecule has 1 N–H and O–H groups in total. The maximum absolute atomic E-state index is 8.65. The molecule has 0 atom stereocenters. The van der Waals surface area contributed by atoms with E-state index in [4.69, 9.17) is 5.11 Å². The lowest BCUT2D eigenvalue weighted by atomic mass is 10.4. The molecule has 0 saturated carbocycles. The Morgan fingerprint density at radius 2 is 1.58 bits per heavy atom. The molecule has 0 heterocycles. The van der Waals surface area contributed by atoms with Crippen molar-refractivity contribution in [3.8, 4) is 0 Å². The minimum Gasteiger partial charge on any atom is -0.396 e. The molecule has 0 aromatic carbocycles. The summed E-state index contributed by atoms with van der Waals surface area (Å²) in [6.07, 6.45) is 4.97. The lowest BCUT2D eigenvalue weighted by Gasteiger charge is -2.21. The Balaban J connectivity index is 3.42. The van der Waals surface area contributed by atoms with Crippen molar-refractivity contribution < 1.29 is 5.11 Å². The van der Waals surface area contributed by atoms with E-state index in [0.29, 0.717) is 6.61 Å². The van der Waals surface area contributed by atoms with Crippen LogP contribution in [0.2, 0.25) is 25.2 Å². The predicted molar refractivity (Wildman–Crippen MR) is 58.3 cm³/mol. The molecular formula is C10H24OSi. The third-order valence-electron chi connectivity index (χ3n) is 2.47. The van der Waals surface area contributed by atoms with Gasteiger partial charge < -0.3 is 5.11 Å². The molecule has 0 aromatic rings. The molecule has 0 spiro atoms. The Labute approximate surface area is 78.2 Å². The summed E-state index contributed by atoms with van der Waals surface area (Å²) in [6, 6.07) is 2.86. The first-order chi connectivity index (χ1) is 5.62. The minimum absolute atomic E-state index is 0.373. The standard InChI is InChI=1S/C10H24OSi/c1-4-5-9-12(2,3)10-7-6-8-11/h11H,4-10H2,1-3H3. The second-order valence-electron chi connectivity index (χ2n) is 4.45. The number of rotatable bonds is 7. The highest BCUT2D eigenvalue weighted by Gasteiger charge is 2.18. The summed E-state index contributed by atoms with van der Waals surface area (Å²) in [5, 5.41) is 8.65. The van der Waals surface area contributed by atoms with Gasteiger partial charge in [0.25, 0.3) is 0 Å². The third-order valence-corrected chi connectivity index (χ3v) is 5.88. The molecule has 1 nitrogen and oxygen atoms in total.